The Morgan fingerprint density at radius 1 is 1.17 bits per heavy atom. The molecule has 0 saturated heterocycles. The molecule has 0 aliphatic rings. The van der Waals surface area contributed by atoms with Crippen LogP contribution in [0.15, 0.2) is 30.6 Å². The van der Waals surface area contributed by atoms with Crippen LogP contribution >= 0.6 is 0 Å². The van der Waals surface area contributed by atoms with E-state index >= 15 is 0 Å². The number of nitrogen functional groups attached to an aromatic ring is 1. The second-order valence-corrected chi connectivity index (χ2v) is 4.29. The van der Waals surface area contributed by atoms with Crippen LogP contribution in [0.3, 0.4) is 0 Å². The molecule has 4 nitrogen and oxygen atoms in total. The first kappa shape index (κ1) is 12.4. The second kappa shape index (κ2) is 5.04. The van der Waals surface area contributed by atoms with Crippen LogP contribution in [-0.4, -0.2) is 17.0 Å². The Kier molecular flexibility index (Phi) is 3.46. The summed E-state index contributed by atoms with van der Waals surface area (Å²) in [5.74, 6) is 1.36. The molecule has 0 amide bonds. The van der Waals surface area contributed by atoms with Crippen molar-refractivity contribution in [2.75, 3.05) is 17.7 Å². The molecule has 2 aromatic rings. The number of nitrogens with two attached hydrogens (primary N) is 1. The normalized spacial score (nSPS) is 10.4. The molecule has 4 heteroatoms. The van der Waals surface area contributed by atoms with E-state index in [1.165, 1.54) is 11.9 Å². The third kappa shape index (κ3) is 2.27. The van der Waals surface area contributed by atoms with Gasteiger partial charge in [0.25, 0.3) is 0 Å². The lowest BCUT2D eigenvalue weighted by atomic mass is 10.1. The van der Waals surface area contributed by atoms with Crippen molar-refractivity contribution in [1.29, 1.82) is 0 Å². The van der Waals surface area contributed by atoms with Crippen molar-refractivity contribution in [3.63, 3.8) is 0 Å². The molecule has 18 heavy (non-hydrogen) atoms. The minimum absolute atomic E-state index is 0.525. The highest BCUT2D eigenvalue weighted by Gasteiger charge is 2.10. The van der Waals surface area contributed by atoms with Gasteiger partial charge in [0.05, 0.1) is 0 Å². The van der Waals surface area contributed by atoms with Gasteiger partial charge in [0.15, 0.2) is 0 Å². The van der Waals surface area contributed by atoms with E-state index in [2.05, 4.69) is 41.2 Å². The molecule has 0 spiro atoms. The lowest BCUT2D eigenvalue weighted by Crippen LogP contribution is -2.14. The minimum atomic E-state index is 0.525. The minimum Gasteiger partial charge on any atom is -0.383 e. The Labute approximate surface area is 107 Å². The molecule has 0 aliphatic carbocycles. The second-order valence-electron chi connectivity index (χ2n) is 4.29. The van der Waals surface area contributed by atoms with Gasteiger partial charge in [-0.25, -0.2) is 9.97 Å². The van der Waals surface area contributed by atoms with Gasteiger partial charge in [-0.1, -0.05) is 19.1 Å². The maximum absolute atomic E-state index is 5.80. The summed E-state index contributed by atoms with van der Waals surface area (Å²) in [5, 5.41) is 0. The zero-order chi connectivity index (χ0) is 13.1. The first-order chi connectivity index (χ1) is 8.63. The number of aromatic nitrogens is 2. The quantitative estimate of drug-likeness (QED) is 0.899. The molecular formula is C14H18N4. The van der Waals surface area contributed by atoms with Gasteiger partial charge in [-0.3, -0.25) is 0 Å². The Balaban J connectivity index is 2.35. The van der Waals surface area contributed by atoms with Crippen LogP contribution in [-0.2, 0) is 6.42 Å². The van der Waals surface area contributed by atoms with E-state index in [-0.39, 0.29) is 0 Å². The monoisotopic (exact) mass is 242 g/mol. The molecule has 0 saturated carbocycles. The highest BCUT2D eigenvalue weighted by Crippen LogP contribution is 2.26. The van der Waals surface area contributed by atoms with E-state index in [1.54, 1.807) is 0 Å². The Morgan fingerprint density at radius 2 is 1.83 bits per heavy atom. The molecule has 0 fully saturated rings. The van der Waals surface area contributed by atoms with Crippen LogP contribution in [0.25, 0.3) is 0 Å². The van der Waals surface area contributed by atoms with Crippen LogP contribution in [0.1, 0.15) is 18.1 Å². The van der Waals surface area contributed by atoms with Crippen LogP contribution in [0.2, 0.25) is 0 Å². The van der Waals surface area contributed by atoms with Gasteiger partial charge in [-0.05, 0) is 31.0 Å². The molecule has 0 atom stereocenters. The number of benzene rings is 1. The van der Waals surface area contributed by atoms with Crippen molar-refractivity contribution in [3.05, 3.63) is 41.7 Å². The third-order valence-corrected chi connectivity index (χ3v) is 3.15. The van der Waals surface area contributed by atoms with E-state index < -0.39 is 0 Å². The molecule has 1 heterocycles. The zero-order valence-electron chi connectivity index (χ0n) is 11.0. The Morgan fingerprint density at radius 3 is 2.44 bits per heavy atom. The van der Waals surface area contributed by atoms with Gasteiger partial charge in [0.1, 0.15) is 18.0 Å². The number of hydrogen-bond donors (Lipinski definition) is 1. The van der Waals surface area contributed by atoms with Gasteiger partial charge >= 0.3 is 0 Å². The van der Waals surface area contributed by atoms with E-state index in [0.717, 1.165) is 23.5 Å². The lowest BCUT2D eigenvalue weighted by Gasteiger charge is -2.20. The summed E-state index contributed by atoms with van der Waals surface area (Å²) in [5.41, 5.74) is 9.12. The Hall–Kier alpha value is -2.10. The molecule has 0 aliphatic heterocycles. The first-order valence-corrected chi connectivity index (χ1v) is 6.03. The van der Waals surface area contributed by atoms with Crippen LogP contribution < -0.4 is 10.6 Å². The summed E-state index contributed by atoms with van der Waals surface area (Å²) in [6.45, 7) is 4.08. The van der Waals surface area contributed by atoms with Gasteiger partial charge < -0.3 is 10.6 Å². The van der Waals surface area contributed by atoms with Crippen molar-refractivity contribution in [1.82, 2.24) is 9.97 Å². The summed E-state index contributed by atoms with van der Waals surface area (Å²) in [6.07, 6.45) is 2.54. The molecule has 2 N–H and O–H groups in total. The molecule has 0 unspecified atom stereocenters. The summed E-state index contributed by atoms with van der Waals surface area (Å²) in [7, 11) is 1.98. The predicted molar refractivity (Wildman–Crippen MR) is 75.1 cm³/mol. The average Bonchev–Trinajstić information content (AvgIpc) is 2.41. The van der Waals surface area contributed by atoms with E-state index in [4.69, 9.17) is 5.73 Å². The summed E-state index contributed by atoms with van der Waals surface area (Å²) in [4.78, 5) is 10.3. The lowest BCUT2D eigenvalue weighted by molar-refractivity contribution is 1.05. The molecule has 1 aromatic carbocycles. The fourth-order valence-electron chi connectivity index (χ4n) is 1.87. The van der Waals surface area contributed by atoms with E-state index in [0.29, 0.717) is 5.82 Å². The van der Waals surface area contributed by atoms with Crippen LogP contribution in [0.5, 0.6) is 0 Å². The highest BCUT2D eigenvalue weighted by molar-refractivity contribution is 5.65. The van der Waals surface area contributed by atoms with Gasteiger partial charge in [0.2, 0.25) is 0 Å². The summed E-state index contributed by atoms with van der Waals surface area (Å²) < 4.78 is 0. The zero-order valence-corrected chi connectivity index (χ0v) is 11.0. The maximum Gasteiger partial charge on any atom is 0.141 e. The van der Waals surface area contributed by atoms with Crippen molar-refractivity contribution in [2.45, 2.75) is 20.3 Å². The van der Waals surface area contributed by atoms with Crippen molar-refractivity contribution < 1.29 is 0 Å². The summed E-state index contributed by atoms with van der Waals surface area (Å²) in [6, 6.07) is 8.45. The van der Waals surface area contributed by atoms with Crippen molar-refractivity contribution >= 4 is 17.3 Å². The fourth-order valence-corrected chi connectivity index (χ4v) is 1.87. The number of aryl methyl sites for hydroxylation is 1. The van der Waals surface area contributed by atoms with Crippen LogP contribution in [0, 0.1) is 6.92 Å². The van der Waals surface area contributed by atoms with Gasteiger partial charge in [-0.2, -0.15) is 0 Å². The highest BCUT2D eigenvalue weighted by atomic mass is 15.2. The van der Waals surface area contributed by atoms with E-state index in [1.807, 2.05) is 18.9 Å². The number of anilines is 3. The smallest absolute Gasteiger partial charge is 0.141 e. The molecule has 1 aromatic heterocycles. The molecule has 0 bridgehead atoms. The Bertz CT molecular complexity index is 534. The van der Waals surface area contributed by atoms with E-state index in [9.17, 15) is 0 Å². The fraction of sp³-hybridized carbons (Fsp3) is 0.286. The first-order valence-electron chi connectivity index (χ1n) is 6.03. The average molecular weight is 242 g/mol. The van der Waals surface area contributed by atoms with Crippen molar-refractivity contribution in [2.24, 2.45) is 0 Å². The van der Waals surface area contributed by atoms with Crippen molar-refractivity contribution in [3.8, 4) is 0 Å². The van der Waals surface area contributed by atoms with Gasteiger partial charge in [0, 0.05) is 18.3 Å². The number of rotatable bonds is 3. The predicted octanol–water partition coefficient (Wildman–Crippen LogP) is 2.70. The topological polar surface area (TPSA) is 55.0 Å². The number of hydrogen-bond acceptors (Lipinski definition) is 4. The molecule has 94 valence electrons. The van der Waals surface area contributed by atoms with Crippen LogP contribution in [0.4, 0.5) is 17.3 Å². The standard InChI is InChI=1S/C14H18N4/c1-4-11-5-7-12(8-6-11)18(3)14-10(2)13(15)16-9-17-14/h5-9H,4H2,1-3H3,(H2,15,16,17). The molecular weight excluding hydrogens is 224 g/mol. The molecule has 2 rings (SSSR count). The maximum atomic E-state index is 5.80. The SMILES string of the molecule is CCc1ccc(N(C)c2ncnc(N)c2C)cc1. The van der Waals surface area contributed by atoms with Gasteiger partial charge in [-0.15, -0.1) is 0 Å². The largest absolute Gasteiger partial charge is 0.383 e. The summed E-state index contributed by atoms with van der Waals surface area (Å²) >= 11 is 0. The third-order valence-electron chi connectivity index (χ3n) is 3.15. The molecule has 0 radical (unpaired) electrons. The number of nitrogens with zero attached hydrogens (tertiary/aromatic N) is 3.